The van der Waals surface area contributed by atoms with Gasteiger partial charge in [0.1, 0.15) is 0 Å². The molecule has 0 saturated carbocycles. The molecule has 0 radical (unpaired) electrons. The SMILES string of the molecule is NC1CSSC1.OCC1(CO)CSSC1. The molecule has 0 unspecified atom stereocenters. The Kier molecular flexibility index (Phi) is 7.24. The van der Waals surface area contributed by atoms with E-state index in [0.717, 1.165) is 23.0 Å². The third-order valence-electron chi connectivity index (χ3n) is 2.13. The molecule has 2 aliphatic heterocycles. The quantitative estimate of drug-likeness (QED) is 0.656. The average Bonchev–Trinajstić information content (AvgIpc) is 2.90. The Hall–Kier alpha value is 1.28. The Morgan fingerprint density at radius 2 is 1.47 bits per heavy atom. The van der Waals surface area contributed by atoms with E-state index in [4.69, 9.17) is 15.9 Å². The minimum Gasteiger partial charge on any atom is -0.396 e. The summed E-state index contributed by atoms with van der Waals surface area (Å²) in [5, 5.41) is 17.7. The lowest BCUT2D eigenvalue weighted by Gasteiger charge is -2.20. The van der Waals surface area contributed by atoms with Gasteiger partial charge in [0.2, 0.25) is 0 Å². The van der Waals surface area contributed by atoms with Gasteiger partial charge in [-0.05, 0) is 0 Å². The predicted octanol–water partition coefficient (Wildman–Crippen LogP) is 1.06. The number of hydrogen-bond acceptors (Lipinski definition) is 7. The van der Waals surface area contributed by atoms with Crippen molar-refractivity contribution in [3.05, 3.63) is 0 Å². The summed E-state index contributed by atoms with van der Waals surface area (Å²) in [6.45, 7) is 0.229. The van der Waals surface area contributed by atoms with E-state index in [1.165, 1.54) is 0 Å². The zero-order valence-electron chi connectivity index (χ0n) is 8.42. The first kappa shape index (κ1) is 14.3. The summed E-state index contributed by atoms with van der Waals surface area (Å²) in [7, 11) is 7.20. The largest absolute Gasteiger partial charge is 0.396 e. The molecule has 2 rings (SSSR count). The topological polar surface area (TPSA) is 66.5 Å². The second kappa shape index (κ2) is 7.58. The monoisotopic (exact) mass is 287 g/mol. The molecule has 0 aromatic carbocycles. The van der Waals surface area contributed by atoms with Crippen LogP contribution in [0.3, 0.4) is 0 Å². The lowest BCUT2D eigenvalue weighted by molar-refractivity contribution is 0.0949. The van der Waals surface area contributed by atoms with Crippen LogP contribution in [0, 0.1) is 5.41 Å². The molecular weight excluding hydrogens is 270 g/mol. The van der Waals surface area contributed by atoms with Crippen LogP contribution in [0.4, 0.5) is 0 Å². The standard InChI is InChI=1S/C5H10O2S2.C3H7NS2/c6-1-5(2-7)3-8-9-4-5;4-3-1-5-6-2-3/h6-7H,1-4H2;3H,1-2,4H2. The Bertz CT molecular complexity index is 166. The second-order valence-electron chi connectivity index (χ2n) is 3.67. The van der Waals surface area contributed by atoms with E-state index in [2.05, 4.69) is 0 Å². The first-order chi connectivity index (χ1) is 7.22. The molecule has 2 aliphatic rings. The lowest BCUT2D eigenvalue weighted by atomic mass is 9.96. The van der Waals surface area contributed by atoms with E-state index < -0.39 is 0 Å². The highest BCUT2D eigenvalue weighted by Gasteiger charge is 2.33. The Balaban J connectivity index is 0.000000162. The molecule has 0 aromatic heterocycles. The van der Waals surface area contributed by atoms with E-state index >= 15 is 0 Å². The van der Waals surface area contributed by atoms with Gasteiger partial charge >= 0.3 is 0 Å². The molecule has 0 aliphatic carbocycles. The zero-order chi connectivity index (χ0) is 11.1. The van der Waals surface area contributed by atoms with Crippen LogP contribution in [0.15, 0.2) is 0 Å². The van der Waals surface area contributed by atoms with Crippen molar-refractivity contribution in [1.29, 1.82) is 0 Å². The normalized spacial score (nSPS) is 25.0. The fourth-order valence-electron chi connectivity index (χ4n) is 0.927. The van der Waals surface area contributed by atoms with Crippen molar-refractivity contribution < 1.29 is 10.2 Å². The Morgan fingerprint density at radius 1 is 1.00 bits per heavy atom. The number of hydrogen-bond donors (Lipinski definition) is 3. The summed E-state index contributed by atoms with van der Waals surface area (Å²) in [6, 6.07) is 0.472. The van der Waals surface area contributed by atoms with Crippen molar-refractivity contribution in [2.24, 2.45) is 11.1 Å². The van der Waals surface area contributed by atoms with Crippen LogP contribution >= 0.6 is 43.2 Å². The smallest absolute Gasteiger partial charge is 0.0526 e. The molecule has 15 heavy (non-hydrogen) atoms. The molecule has 3 nitrogen and oxygen atoms in total. The molecular formula is C8H17NO2S4. The van der Waals surface area contributed by atoms with Gasteiger partial charge in [-0.15, -0.1) is 0 Å². The summed E-state index contributed by atoms with van der Waals surface area (Å²) >= 11 is 0. The molecule has 4 N–H and O–H groups in total. The van der Waals surface area contributed by atoms with Crippen LogP contribution in [0.2, 0.25) is 0 Å². The van der Waals surface area contributed by atoms with Gasteiger partial charge in [0.05, 0.1) is 13.2 Å². The molecule has 0 aromatic rings. The van der Waals surface area contributed by atoms with Gasteiger partial charge in [-0.25, -0.2) is 0 Å². The number of aliphatic hydroxyl groups excluding tert-OH is 2. The average molecular weight is 287 g/mol. The maximum atomic E-state index is 8.83. The van der Waals surface area contributed by atoms with E-state index in [1.54, 1.807) is 21.6 Å². The summed E-state index contributed by atoms with van der Waals surface area (Å²) < 4.78 is 0. The molecule has 2 saturated heterocycles. The first-order valence-electron chi connectivity index (χ1n) is 4.68. The Morgan fingerprint density at radius 3 is 1.67 bits per heavy atom. The molecule has 2 heterocycles. The molecule has 0 amide bonds. The van der Waals surface area contributed by atoms with Crippen molar-refractivity contribution >= 4 is 43.2 Å². The van der Waals surface area contributed by atoms with Crippen LogP contribution in [-0.4, -0.2) is 52.5 Å². The van der Waals surface area contributed by atoms with Crippen LogP contribution in [0.25, 0.3) is 0 Å². The van der Waals surface area contributed by atoms with Crippen molar-refractivity contribution in [2.75, 3.05) is 36.2 Å². The van der Waals surface area contributed by atoms with Gasteiger partial charge in [0, 0.05) is 34.5 Å². The molecule has 90 valence electrons. The maximum Gasteiger partial charge on any atom is 0.0526 e. The maximum absolute atomic E-state index is 8.83. The molecule has 7 heteroatoms. The minimum absolute atomic E-state index is 0.115. The van der Waals surface area contributed by atoms with Crippen LogP contribution in [0.1, 0.15) is 0 Å². The summed E-state index contributed by atoms with van der Waals surface area (Å²) in [6.07, 6.45) is 0. The van der Waals surface area contributed by atoms with Gasteiger partial charge in [0.25, 0.3) is 0 Å². The van der Waals surface area contributed by atoms with E-state index in [1.807, 2.05) is 21.6 Å². The van der Waals surface area contributed by atoms with Gasteiger partial charge in [-0.1, -0.05) is 43.2 Å². The highest BCUT2D eigenvalue weighted by molar-refractivity contribution is 8.77. The summed E-state index contributed by atoms with van der Waals surface area (Å²) in [4.78, 5) is 0. The van der Waals surface area contributed by atoms with Crippen molar-refractivity contribution in [1.82, 2.24) is 0 Å². The minimum atomic E-state index is -0.185. The van der Waals surface area contributed by atoms with Crippen molar-refractivity contribution in [3.8, 4) is 0 Å². The fourth-order valence-corrected chi connectivity index (χ4v) is 6.84. The number of aliphatic hydroxyl groups is 2. The summed E-state index contributed by atoms with van der Waals surface area (Å²) in [5.41, 5.74) is 5.31. The lowest BCUT2D eigenvalue weighted by Crippen LogP contribution is -2.31. The number of nitrogens with two attached hydrogens (primary N) is 1. The molecule has 0 bridgehead atoms. The van der Waals surface area contributed by atoms with Crippen molar-refractivity contribution in [3.63, 3.8) is 0 Å². The number of rotatable bonds is 2. The van der Waals surface area contributed by atoms with Gasteiger partial charge in [0.15, 0.2) is 0 Å². The fraction of sp³-hybridized carbons (Fsp3) is 1.00. The highest BCUT2D eigenvalue weighted by Crippen LogP contribution is 2.42. The Labute approximate surface area is 107 Å². The van der Waals surface area contributed by atoms with Gasteiger partial charge < -0.3 is 15.9 Å². The van der Waals surface area contributed by atoms with Gasteiger partial charge in [-0.3, -0.25) is 0 Å². The van der Waals surface area contributed by atoms with E-state index in [0.29, 0.717) is 6.04 Å². The first-order valence-corrected chi connectivity index (χ1v) is 9.66. The summed E-state index contributed by atoms with van der Waals surface area (Å²) in [5.74, 6) is 4.05. The third-order valence-corrected chi connectivity index (χ3v) is 7.58. The van der Waals surface area contributed by atoms with Crippen LogP contribution in [0.5, 0.6) is 0 Å². The third kappa shape index (κ3) is 4.97. The molecule has 2 fully saturated rings. The van der Waals surface area contributed by atoms with Crippen LogP contribution < -0.4 is 5.73 Å². The zero-order valence-corrected chi connectivity index (χ0v) is 11.7. The molecule has 0 atom stereocenters. The van der Waals surface area contributed by atoms with E-state index in [9.17, 15) is 0 Å². The van der Waals surface area contributed by atoms with Crippen molar-refractivity contribution in [2.45, 2.75) is 6.04 Å². The van der Waals surface area contributed by atoms with Crippen LogP contribution in [-0.2, 0) is 0 Å². The predicted molar refractivity (Wildman–Crippen MR) is 74.4 cm³/mol. The van der Waals surface area contributed by atoms with E-state index in [-0.39, 0.29) is 18.6 Å². The highest BCUT2D eigenvalue weighted by atomic mass is 33.1. The second-order valence-corrected chi connectivity index (χ2v) is 8.68. The molecule has 0 spiro atoms. The van der Waals surface area contributed by atoms with Gasteiger partial charge in [-0.2, -0.15) is 0 Å².